The molecule has 5 rings (SSSR count). The molecule has 0 aliphatic carbocycles. The molecule has 140 valence electrons. The fraction of sp³-hybridized carbons (Fsp3) is 0.0385. The maximum atomic E-state index is 5.57. The van der Waals surface area contributed by atoms with Crippen molar-refractivity contribution in [2.24, 2.45) is 4.99 Å². The Labute approximate surface area is 169 Å². The number of para-hydroxylation sites is 1. The van der Waals surface area contributed by atoms with Crippen molar-refractivity contribution in [3.05, 3.63) is 96.6 Å². The van der Waals surface area contributed by atoms with Crippen LogP contribution in [-0.4, -0.2) is 18.3 Å². The molecule has 0 aliphatic heterocycles. The lowest BCUT2D eigenvalue weighted by atomic mass is 10.1. The Morgan fingerprint density at radius 3 is 2.41 bits per heavy atom. The minimum Gasteiger partial charge on any atom is -0.495 e. The van der Waals surface area contributed by atoms with E-state index in [1.807, 2.05) is 36.5 Å². The molecule has 0 atom stereocenters. The molecule has 1 N–H and O–H groups in total. The predicted octanol–water partition coefficient (Wildman–Crippen LogP) is 6.75. The SMILES string of the molecule is COc1cccc2c(C=Nc3ccc4ccccc4c3)c(-c3ccccc3)[nH]c12. The minimum absolute atomic E-state index is 0.824. The number of fused-ring (bicyclic) bond motifs is 2. The number of nitrogens with zero attached hydrogens (tertiary/aromatic N) is 1. The van der Waals surface area contributed by atoms with Crippen molar-refractivity contribution >= 4 is 33.6 Å². The normalized spacial score (nSPS) is 11.5. The molecule has 0 unspecified atom stereocenters. The van der Waals surface area contributed by atoms with Gasteiger partial charge in [-0.15, -0.1) is 0 Å². The number of hydrogen-bond acceptors (Lipinski definition) is 2. The van der Waals surface area contributed by atoms with Crippen molar-refractivity contribution in [3.8, 4) is 17.0 Å². The van der Waals surface area contributed by atoms with Crippen molar-refractivity contribution < 1.29 is 4.74 Å². The molecule has 0 bridgehead atoms. The lowest BCUT2D eigenvalue weighted by Gasteiger charge is -2.02. The number of aromatic amines is 1. The van der Waals surface area contributed by atoms with Crippen LogP contribution < -0.4 is 4.74 Å². The Morgan fingerprint density at radius 2 is 1.59 bits per heavy atom. The van der Waals surface area contributed by atoms with E-state index in [0.29, 0.717) is 0 Å². The number of benzene rings is 4. The lowest BCUT2D eigenvalue weighted by molar-refractivity contribution is 0.419. The summed E-state index contributed by atoms with van der Waals surface area (Å²) < 4.78 is 5.57. The average molecular weight is 376 g/mol. The summed E-state index contributed by atoms with van der Waals surface area (Å²) in [5, 5.41) is 3.49. The van der Waals surface area contributed by atoms with Crippen molar-refractivity contribution in [2.75, 3.05) is 7.11 Å². The zero-order valence-electron chi connectivity index (χ0n) is 16.1. The second-order valence-electron chi connectivity index (χ2n) is 6.95. The van der Waals surface area contributed by atoms with Crippen LogP contribution in [0.5, 0.6) is 5.75 Å². The van der Waals surface area contributed by atoms with E-state index in [9.17, 15) is 0 Å². The van der Waals surface area contributed by atoms with E-state index in [4.69, 9.17) is 9.73 Å². The van der Waals surface area contributed by atoms with Gasteiger partial charge in [0, 0.05) is 17.2 Å². The van der Waals surface area contributed by atoms with E-state index < -0.39 is 0 Å². The largest absolute Gasteiger partial charge is 0.495 e. The number of ether oxygens (including phenoxy) is 1. The highest BCUT2D eigenvalue weighted by molar-refractivity contribution is 6.08. The van der Waals surface area contributed by atoms with Gasteiger partial charge in [-0.2, -0.15) is 0 Å². The third-order valence-electron chi connectivity index (χ3n) is 5.19. The number of aromatic nitrogens is 1. The summed E-state index contributed by atoms with van der Waals surface area (Å²) in [6.45, 7) is 0. The molecule has 0 radical (unpaired) electrons. The van der Waals surface area contributed by atoms with Gasteiger partial charge >= 0.3 is 0 Å². The van der Waals surface area contributed by atoms with Crippen LogP contribution in [0.3, 0.4) is 0 Å². The first-order valence-electron chi connectivity index (χ1n) is 9.60. The van der Waals surface area contributed by atoms with E-state index >= 15 is 0 Å². The Kier molecular flexibility index (Phi) is 4.34. The zero-order chi connectivity index (χ0) is 19.6. The maximum absolute atomic E-state index is 5.57. The molecule has 4 aromatic carbocycles. The van der Waals surface area contributed by atoms with Crippen LogP contribution in [0.15, 0.2) is 96.0 Å². The monoisotopic (exact) mass is 376 g/mol. The van der Waals surface area contributed by atoms with E-state index in [1.165, 1.54) is 10.8 Å². The predicted molar refractivity (Wildman–Crippen MR) is 121 cm³/mol. The highest BCUT2D eigenvalue weighted by atomic mass is 16.5. The number of methoxy groups -OCH3 is 1. The fourth-order valence-electron chi connectivity index (χ4n) is 3.74. The van der Waals surface area contributed by atoms with Crippen LogP contribution in [-0.2, 0) is 0 Å². The first-order valence-corrected chi connectivity index (χ1v) is 9.60. The smallest absolute Gasteiger partial charge is 0.142 e. The molecule has 3 nitrogen and oxygen atoms in total. The molecule has 0 spiro atoms. The highest BCUT2D eigenvalue weighted by Gasteiger charge is 2.14. The number of aliphatic imine (C=N–C) groups is 1. The van der Waals surface area contributed by atoms with E-state index in [1.54, 1.807) is 7.11 Å². The third-order valence-corrected chi connectivity index (χ3v) is 5.19. The molecule has 0 fully saturated rings. The van der Waals surface area contributed by atoms with Crippen LogP contribution in [0.2, 0.25) is 0 Å². The molecular formula is C26H20N2O. The molecule has 1 heterocycles. The van der Waals surface area contributed by atoms with Crippen molar-refractivity contribution in [1.82, 2.24) is 4.98 Å². The third kappa shape index (κ3) is 3.17. The summed E-state index contributed by atoms with van der Waals surface area (Å²) in [5.74, 6) is 0.824. The summed E-state index contributed by atoms with van der Waals surface area (Å²) in [6.07, 6.45) is 1.95. The topological polar surface area (TPSA) is 37.4 Å². The van der Waals surface area contributed by atoms with Gasteiger partial charge in [-0.25, -0.2) is 0 Å². The van der Waals surface area contributed by atoms with Gasteiger partial charge in [-0.05, 0) is 34.5 Å². The van der Waals surface area contributed by atoms with Crippen LogP contribution in [0, 0.1) is 0 Å². The van der Waals surface area contributed by atoms with Gasteiger partial charge in [0.05, 0.1) is 24.0 Å². The molecule has 1 aromatic heterocycles. The van der Waals surface area contributed by atoms with Crippen molar-refractivity contribution in [2.45, 2.75) is 0 Å². The second kappa shape index (κ2) is 7.28. The molecule has 3 heteroatoms. The summed E-state index contributed by atoms with van der Waals surface area (Å²) in [5.41, 5.74) is 5.12. The van der Waals surface area contributed by atoms with Gasteiger partial charge < -0.3 is 9.72 Å². The van der Waals surface area contributed by atoms with Crippen molar-refractivity contribution in [3.63, 3.8) is 0 Å². The van der Waals surface area contributed by atoms with E-state index in [-0.39, 0.29) is 0 Å². The minimum atomic E-state index is 0.824. The van der Waals surface area contributed by atoms with E-state index in [2.05, 4.69) is 65.6 Å². The number of rotatable bonds is 4. The van der Waals surface area contributed by atoms with Gasteiger partial charge in [0.2, 0.25) is 0 Å². The maximum Gasteiger partial charge on any atom is 0.142 e. The van der Waals surface area contributed by atoms with E-state index in [0.717, 1.165) is 39.2 Å². The summed E-state index contributed by atoms with van der Waals surface area (Å²) in [4.78, 5) is 8.35. The standard InChI is InChI=1S/C26H20N2O/c1-29-24-13-7-12-22-23(25(28-26(22)24)19-9-3-2-4-10-19)17-27-21-15-14-18-8-5-6-11-20(18)16-21/h2-17,28H,1H3. The Morgan fingerprint density at radius 1 is 0.793 bits per heavy atom. The van der Waals surface area contributed by atoms with Gasteiger partial charge in [-0.3, -0.25) is 4.99 Å². The van der Waals surface area contributed by atoms with Crippen LogP contribution in [0.1, 0.15) is 5.56 Å². The van der Waals surface area contributed by atoms with Crippen molar-refractivity contribution in [1.29, 1.82) is 0 Å². The Bertz CT molecular complexity index is 1330. The molecule has 0 saturated heterocycles. The molecule has 0 aliphatic rings. The fourth-order valence-corrected chi connectivity index (χ4v) is 3.74. The lowest BCUT2D eigenvalue weighted by Crippen LogP contribution is -1.85. The quantitative estimate of drug-likeness (QED) is 0.346. The first kappa shape index (κ1) is 17.3. The molecule has 5 aromatic rings. The molecule has 0 saturated carbocycles. The molecular weight excluding hydrogens is 356 g/mol. The Hall–Kier alpha value is -3.85. The zero-order valence-corrected chi connectivity index (χ0v) is 16.1. The van der Waals surface area contributed by atoms with Gasteiger partial charge in [0.15, 0.2) is 0 Å². The second-order valence-corrected chi connectivity index (χ2v) is 6.95. The number of hydrogen-bond donors (Lipinski definition) is 1. The summed E-state index contributed by atoms with van der Waals surface area (Å²) in [7, 11) is 1.70. The molecule has 0 amide bonds. The Balaban J connectivity index is 1.67. The first-order chi connectivity index (χ1) is 14.3. The molecule has 29 heavy (non-hydrogen) atoms. The van der Waals surface area contributed by atoms with Gasteiger partial charge in [0.1, 0.15) is 5.75 Å². The van der Waals surface area contributed by atoms with Crippen LogP contribution in [0.25, 0.3) is 32.9 Å². The number of H-pyrrole nitrogens is 1. The number of nitrogens with one attached hydrogen (secondary N) is 1. The van der Waals surface area contributed by atoms with Crippen LogP contribution in [0.4, 0.5) is 5.69 Å². The average Bonchev–Trinajstić information content (AvgIpc) is 3.17. The summed E-state index contributed by atoms with van der Waals surface area (Å²) in [6, 6.07) is 31.0. The summed E-state index contributed by atoms with van der Waals surface area (Å²) >= 11 is 0. The van der Waals surface area contributed by atoms with Crippen LogP contribution >= 0.6 is 0 Å². The van der Waals surface area contributed by atoms with Gasteiger partial charge in [0.25, 0.3) is 0 Å². The van der Waals surface area contributed by atoms with Gasteiger partial charge in [-0.1, -0.05) is 72.8 Å². The highest BCUT2D eigenvalue weighted by Crippen LogP contribution is 2.34.